The highest BCUT2D eigenvalue weighted by molar-refractivity contribution is 7.89. The first-order valence-corrected chi connectivity index (χ1v) is 9.07. The minimum absolute atomic E-state index is 0.486. The van der Waals surface area contributed by atoms with Gasteiger partial charge in [0, 0.05) is 6.54 Å². The number of rotatable bonds is 5. The lowest BCUT2D eigenvalue weighted by atomic mass is 9.99. The second-order valence-electron chi connectivity index (χ2n) is 5.69. The summed E-state index contributed by atoms with van der Waals surface area (Å²) in [7, 11) is -3.51. The third kappa shape index (κ3) is 4.82. The third-order valence-electron chi connectivity index (χ3n) is 3.76. The molecule has 0 bridgehead atoms. The van der Waals surface area contributed by atoms with E-state index < -0.39 is 21.8 Å². The van der Waals surface area contributed by atoms with Gasteiger partial charge in [-0.05, 0) is 44.0 Å². The summed E-state index contributed by atoms with van der Waals surface area (Å²) < 4.78 is 24.2. The molecule has 1 aromatic rings. The Hall–Kier alpha value is -1.40. The lowest BCUT2D eigenvalue weighted by Crippen LogP contribution is -2.32. The molecule has 2 rings (SSSR count). The van der Waals surface area contributed by atoms with Crippen LogP contribution in [-0.2, 0) is 21.4 Å². The molecule has 0 aromatic heterocycles. The van der Waals surface area contributed by atoms with Crippen molar-refractivity contribution >= 4 is 15.9 Å². The normalized spacial score (nSPS) is 17.6. The SMILES string of the molecule is CC(C(=O)NS(C)(=O)=O)c1ccc(CN2CCCC2)cc1. The van der Waals surface area contributed by atoms with Crippen LogP contribution in [0.1, 0.15) is 36.8 Å². The quantitative estimate of drug-likeness (QED) is 0.894. The number of hydrogen-bond acceptors (Lipinski definition) is 4. The van der Waals surface area contributed by atoms with Gasteiger partial charge in [-0.1, -0.05) is 24.3 Å². The zero-order valence-corrected chi connectivity index (χ0v) is 13.3. The predicted octanol–water partition coefficient (Wildman–Crippen LogP) is 1.46. The molecule has 6 heteroatoms. The Kier molecular flexibility index (Phi) is 5.00. The van der Waals surface area contributed by atoms with Crippen LogP contribution in [0.2, 0.25) is 0 Å². The number of likely N-dealkylation sites (tertiary alicyclic amines) is 1. The predicted molar refractivity (Wildman–Crippen MR) is 82.4 cm³/mol. The highest BCUT2D eigenvalue weighted by Crippen LogP contribution is 2.18. The first kappa shape index (κ1) is 16.0. The molecule has 1 aromatic carbocycles. The zero-order valence-electron chi connectivity index (χ0n) is 12.5. The van der Waals surface area contributed by atoms with Gasteiger partial charge in [-0.25, -0.2) is 8.42 Å². The standard InChI is InChI=1S/C15H22N2O3S/c1-12(15(18)16-21(2,19)20)14-7-5-13(6-8-14)11-17-9-3-4-10-17/h5-8,12H,3-4,9-11H2,1-2H3,(H,16,18). The molecule has 1 amide bonds. The second-order valence-corrected chi connectivity index (χ2v) is 7.43. The van der Waals surface area contributed by atoms with Gasteiger partial charge in [0.25, 0.3) is 0 Å². The van der Waals surface area contributed by atoms with Crippen molar-refractivity contribution < 1.29 is 13.2 Å². The van der Waals surface area contributed by atoms with Crippen molar-refractivity contribution in [3.05, 3.63) is 35.4 Å². The number of nitrogens with one attached hydrogen (secondary N) is 1. The Morgan fingerprint density at radius 1 is 1.24 bits per heavy atom. The minimum atomic E-state index is -3.51. The summed E-state index contributed by atoms with van der Waals surface area (Å²) >= 11 is 0. The average molecular weight is 310 g/mol. The summed E-state index contributed by atoms with van der Waals surface area (Å²) in [5, 5.41) is 0. The molecule has 1 heterocycles. The van der Waals surface area contributed by atoms with E-state index >= 15 is 0 Å². The summed E-state index contributed by atoms with van der Waals surface area (Å²) in [5.74, 6) is -0.981. The van der Waals surface area contributed by atoms with Crippen LogP contribution in [0.4, 0.5) is 0 Å². The van der Waals surface area contributed by atoms with E-state index in [9.17, 15) is 13.2 Å². The van der Waals surface area contributed by atoms with Crippen molar-refractivity contribution in [2.75, 3.05) is 19.3 Å². The minimum Gasteiger partial charge on any atom is -0.299 e. The van der Waals surface area contributed by atoms with Gasteiger partial charge >= 0.3 is 0 Å². The van der Waals surface area contributed by atoms with Gasteiger partial charge in [-0.2, -0.15) is 0 Å². The average Bonchev–Trinajstić information content (AvgIpc) is 2.90. The fourth-order valence-corrected chi connectivity index (χ4v) is 3.08. The molecule has 1 aliphatic rings. The van der Waals surface area contributed by atoms with E-state index in [1.54, 1.807) is 6.92 Å². The number of hydrogen-bond donors (Lipinski definition) is 1. The molecule has 1 aliphatic heterocycles. The monoisotopic (exact) mass is 310 g/mol. The number of carbonyl (C=O) groups is 1. The maximum absolute atomic E-state index is 11.8. The Balaban J connectivity index is 1.98. The van der Waals surface area contributed by atoms with E-state index in [0.29, 0.717) is 0 Å². The molecule has 5 nitrogen and oxygen atoms in total. The van der Waals surface area contributed by atoms with Crippen molar-refractivity contribution in [1.29, 1.82) is 0 Å². The summed E-state index contributed by atoms with van der Waals surface area (Å²) in [4.78, 5) is 14.2. The fraction of sp³-hybridized carbons (Fsp3) is 0.533. The van der Waals surface area contributed by atoms with Gasteiger partial charge in [0.15, 0.2) is 0 Å². The molecule has 0 radical (unpaired) electrons. The van der Waals surface area contributed by atoms with Gasteiger partial charge in [0.1, 0.15) is 0 Å². The van der Waals surface area contributed by atoms with Crippen LogP contribution in [0.25, 0.3) is 0 Å². The Morgan fingerprint density at radius 3 is 2.33 bits per heavy atom. The zero-order chi connectivity index (χ0) is 15.5. The van der Waals surface area contributed by atoms with Crippen LogP contribution in [0.15, 0.2) is 24.3 Å². The Bertz CT molecular complexity index is 590. The van der Waals surface area contributed by atoms with Crippen LogP contribution in [0.3, 0.4) is 0 Å². The lowest BCUT2D eigenvalue weighted by molar-refractivity contribution is -0.120. The molecule has 1 saturated heterocycles. The van der Waals surface area contributed by atoms with Crippen LogP contribution in [0.5, 0.6) is 0 Å². The smallest absolute Gasteiger partial charge is 0.240 e. The van der Waals surface area contributed by atoms with Gasteiger partial charge < -0.3 is 0 Å². The molecule has 0 saturated carbocycles. The van der Waals surface area contributed by atoms with E-state index in [4.69, 9.17) is 0 Å². The van der Waals surface area contributed by atoms with E-state index in [0.717, 1.165) is 31.5 Å². The summed E-state index contributed by atoms with van der Waals surface area (Å²) in [6, 6.07) is 7.83. The van der Waals surface area contributed by atoms with Crippen LogP contribution in [0, 0.1) is 0 Å². The maximum Gasteiger partial charge on any atom is 0.240 e. The topological polar surface area (TPSA) is 66.5 Å². The van der Waals surface area contributed by atoms with E-state index in [2.05, 4.69) is 4.90 Å². The van der Waals surface area contributed by atoms with E-state index in [1.165, 1.54) is 18.4 Å². The highest BCUT2D eigenvalue weighted by atomic mass is 32.2. The van der Waals surface area contributed by atoms with E-state index in [-0.39, 0.29) is 0 Å². The largest absolute Gasteiger partial charge is 0.299 e. The first-order chi connectivity index (χ1) is 9.85. The number of nitrogens with zero attached hydrogens (tertiary/aromatic N) is 1. The molecule has 21 heavy (non-hydrogen) atoms. The second kappa shape index (κ2) is 6.58. The van der Waals surface area contributed by atoms with E-state index in [1.807, 2.05) is 29.0 Å². The van der Waals surface area contributed by atoms with Gasteiger partial charge in [0.05, 0.1) is 12.2 Å². The first-order valence-electron chi connectivity index (χ1n) is 7.18. The number of carbonyl (C=O) groups excluding carboxylic acids is 1. The highest BCUT2D eigenvalue weighted by Gasteiger charge is 2.18. The van der Waals surface area contributed by atoms with Crippen molar-refractivity contribution in [2.45, 2.75) is 32.2 Å². The van der Waals surface area contributed by atoms with Gasteiger partial charge in [0.2, 0.25) is 15.9 Å². The molecule has 0 spiro atoms. The number of sulfonamides is 1. The molecular weight excluding hydrogens is 288 g/mol. The molecule has 0 aliphatic carbocycles. The number of amides is 1. The van der Waals surface area contributed by atoms with Gasteiger partial charge in [-0.15, -0.1) is 0 Å². The van der Waals surface area contributed by atoms with Crippen LogP contribution >= 0.6 is 0 Å². The van der Waals surface area contributed by atoms with Gasteiger partial charge in [-0.3, -0.25) is 14.4 Å². The van der Waals surface area contributed by atoms with Crippen molar-refractivity contribution in [2.24, 2.45) is 0 Å². The maximum atomic E-state index is 11.8. The Morgan fingerprint density at radius 2 is 1.81 bits per heavy atom. The van der Waals surface area contributed by atoms with Crippen molar-refractivity contribution in [3.8, 4) is 0 Å². The van der Waals surface area contributed by atoms with Crippen molar-refractivity contribution in [1.82, 2.24) is 9.62 Å². The third-order valence-corrected chi connectivity index (χ3v) is 4.34. The van der Waals surface area contributed by atoms with Crippen molar-refractivity contribution in [3.63, 3.8) is 0 Å². The summed E-state index contributed by atoms with van der Waals surface area (Å²) in [5.41, 5.74) is 2.04. The fourth-order valence-electron chi connectivity index (χ4n) is 2.53. The van der Waals surface area contributed by atoms with Crippen LogP contribution in [-0.4, -0.2) is 38.6 Å². The number of benzene rings is 1. The van der Waals surface area contributed by atoms with Crippen LogP contribution < -0.4 is 4.72 Å². The molecule has 1 N–H and O–H groups in total. The summed E-state index contributed by atoms with van der Waals surface area (Å²) in [6.07, 6.45) is 3.51. The lowest BCUT2D eigenvalue weighted by Gasteiger charge is -2.16. The molecule has 1 atom stereocenters. The molecular formula is C15H22N2O3S. The summed E-state index contributed by atoms with van der Waals surface area (Å²) in [6.45, 7) is 4.93. The molecule has 116 valence electrons. The molecule has 1 fully saturated rings. The molecule has 1 unspecified atom stereocenters. The Labute approximate surface area is 126 Å².